The number of likely N-dealkylation sites (tertiary alicyclic amines) is 2. The molecule has 0 radical (unpaired) electrons. The van der Waals surface area contributed by atoms with Crippen molar-refractivity contribution in [1.29, 1.82) is 0 Å². The first-order valence-electron chi connectivity index (χ1n) is 33.9. The highest BCUT2D eigenvalue weighted by atomic mass is 35.5. The number of fused-ring (bicyclic) bond motifs is 2. The summed E-state index contributed by atoms with van der Waals surface area (Å²) >= 11 is 6.75. The van der Waals surface area contributed by atoms with E-state index in [1.165, 1.54) is 31.4 Å². The van der Waals surface area contributed by atoms with Crippen molar-refractivity contribution >= 4 is 52.7 Å². The third kappa shape index (κ3) is 18.4. The van der Waals surface area contributed by atoms with Gasteiger partial charge in [-0.25, -0.2) is 9.18 Å². The second-order valence-corrected chi connectivity index (χ2v) is 26.9. The van der Waals surface area contributed by atoms with Crippen molar-refractivity contribution in [3.63, 3.8) is 0 Å². The lowest BCUT2D eigenvalue weighted by atomic mass is 9.72. The molecule has 1 aliphatic carbocycles. The van der Waals surface area contributed by atoms with E-state index in [1.54, 1.807) is 40.9 Å². The minimum atomic E-state index is -5.16. The van der Waals surface area contributed by atoms with Crippen LogP contribution in [-0.2, 0) is 53.6 Å². The van der Waals surface area contributed by atoms with Crippen LogP contribution in [0.4, 0.5) is 46.9 Å². The van der Waals surface area contributed by atoms with Gasteiger partial charge in [-0.2, -0.15) is 26.3 Å². The van der Waals surface area contributed by atoms with Gasteiger partial charge in [-0.1, -0.05) is 103 Å². The van der Waals surface area contributed by atoms with Crippen LogP contribution < -0.4 is 15.4 Å². The summed E-state index contributed by atoms with van der Waals surface area (Å²) in [4.78, 5) is 77.8. The number of hydrogen-bond acceptors (Lipinski definition) is 12. The van der Waals surface area contributed by atoms with E-state index in [0.29, 0.717) is 131 Å². The van der Waals surface area contributed by atoms with Crippen molar-refractivity contribution in [2.24, 2.45) is 0 Å². The molecule has 1 spiro atoms. The third-order valence-electron chi connectivity index (χ3n) is 19.9. The summed E-state index contributed by atoms with van der Waals surface area (Å²) in [5.41, 5.74) is 0.530. The first-order valence-corrected chi connectivity index (χ1v) is 34.3. The molecule has 100 heavy (non-hydrogen) atoms. The van der Waals surface area contributed by atoms with Gasteiger partial charge < -0.3 is 53.7 Å². The number of hydrogen-bond donors (Lipinski definition) is 2. The largest absolute Gasteiger partial charge is 0.496 e. The maximum Gasteiger partial charge on any atom is 0.416 e. The number of amides is 5. The zero-order valence-electron chi connectivity index (χ0n) is 56.7. The Morgan fingerprint density at radius 3 is 2.04 bits per heavy atom. The Labute approximate surface area is 583 Å². The van der Waals surface area contributed by atoms with Crippen molar-refractivity contribution in [3.05, 3.63) is 183 Å². The molecule has 3 aliphatic heterocycles. The monoisotopic (exact) mass is 1410 g/mol. The predicted octanol–water partition coefficient (Wildman–Crippen LogP) is 13.6. The Hall–Kier alpha value is -8.29. The summed E-state index contributed by atoms with van der Waals surface area (Å²) in [5, 5.41) is 6.62. The fourth-order valence-corrected chi connectivity index (χ4v) is 14.2. The van der Waals surface area contributed by atoms with Gasteiger partial charge in [0.1, 0.15) is 36.6 Å². The van der Waals surface area contributed by atoms with Crippen molar-refractivity contribution in [2.45, 2.75) is 106 Å². The molecule has 2 N–H and O–H groups in total. The fraction of sp³-hybridized carbons (Fsp3) is 0.453. The van der Waals surface area contributed by atoms with Crippen molar-refractivity contribution < 1.29 is 73.7 Å². The zero-order valence-corrected chi connectivity index (χ0v) is 57.5. The molecular formula is C75H86ClF7N8O9. The number of para-hydroxylation sites is 1. The summed E-state index contributed by atoms with van der Waals surface area (Å²) in [6.07, 6.45) is -4.54. The maximum atomic E-state index is 14.3. The molecule has 17 nitrogen and oxygen atoms in total. The molecule has 3 fully saturated rings. The second-order valence-electron chi connectivity index (χ2n) is 26.4. The van der Waals surface area contributed by atoms with Crippen LogP contribution in [0, 0.1) is 5.82 Å². The summed E-state index contributed by atoms with van der Waals surface area (Å²) in [6.45, 7) is 4.85. The SMILES string of the molecule is COc1cc(NCCCCCC(=O)N(C)CCN2CCC(OC(=O)Nc3ccccc3-c3ccccc3)CC2)c(Cl)cc1C(=O)N(C)CCCN(C)C(=O)CO[C@H]1Cc2ccccc2C12CCN(CC[C@]1(c3ccc(F)cc3)CN(C(=O)c3cc(C(F)(F)F)cc(C(F)(F)F)c3)CO1)CC2. The molecule has 0 bridgehead atoms. The Morgan fingerprint density at radius 1 is 0.690 bits per heavy atom. The van der Waals surface area contributed by atoms with E-state index in [2.05, 4.69) is 32.6 Å². The smallest absolute Gasteiger partial charge is 0.416 e. The van der Waals surface area contributed by atoms with Gasteiger partial charge in [-0.3, -0.25) is 24.5 Å². The van der Waals surface area contributed by atoms with Crippen LogP contribution in [0.1, 0.15) is 113 Å². The van der Waals surface area contributed by atoms with Crippen LogP contribution in [-0.4, -0.2) is 185 Å². The number of benzene rings is 6. The Kier molecular flexibility index (Phi) is 24.6. The van der Waals surface area contributed by atoms with Gasteiger partial charge in [0, 0.05) is 103 Å². The van der Waals surface area contributed by atoms with Gasteiger partial charge in [-0.05, 0) is 136 Å². The number of ether oxygens (including phenoxy) is 4. The Morgan fingerprint density at radius 2 is 1.34 bits per heavy atom. The van der Waals surface area contributed by atoms with E-state index in [1.807, 2.05) is 73.8 Å². The van der Waals surface area contributed by atoms with Gasteiger partial charge in [0.05, 0.1) is 52.8 Å². The number of likely N-dealkylation sites (N-methyl/N-ethyl adjacent to an activating group) is 2. The van der Waals surface area contributed by atoms with Gasteiger partial charge in [0.15, 0.2) is 0 Å². The first kappa shape index (κ1) is 74.4. The van der Waals surface area contributed by atoms with Gasteiger partial charge in [0.2, 0.25) is 11.8 Å². The molecule has 0 saturated carbocycles. The molecule has 536 valence electrons. The zero-order chi connectivity index (χ0) is 71.4. The third-order valence-corrected chi connectivity index (χ3v) is 20.2. The highest BCUT2D eigenvalue weighted by Gasteiger charge is 2.50. The predicted molar refractivity (Wildman–Crippen MR) is 367 cm³/mol. The number of methoxy groups -OCH3 is 1. The molecule has 0 unspecified atom stereocenters. The average Bonchev–Trinajstić information content (AvgIpc) is 1.59. The molecule has 3 saturated heterocycles. The summed E-state index contributed by atoms with van der Waals surface area (Å²) in [6, 6.07) is 35.1. The van der Waals surface area contributed by atoms with Crippen LogP contribution >= 0.6 is 11.6 Å². The van der Waals surface area contributed by atoms with Crippen molar-refractivity contribution in [3.8, 4) is 16.9 Å². The number of nitrogens with one attached hydrogen (secondary N) is 2. The Bertz CT molecular complexity index is 3780. The van der Waals surface area contributed by atoms with Gasteiger partial charge in [-0.15, -0.1) is 0 Å². The minimum Gasteiger partial charge on any atom is -0.496 e. The van der Waals surface area contributed by atoms with Crippen LogP contribution in [0.15, 0.2) is 133 Å². The Balaban J connectivity index is 0.625. The molecule has 6 aromatic rings. The first-order chi connectivity index (χ1) is 47.8. The molecule has 2 atom stereocenters. The topological polar surface area (TPSA) is 166 Å². The number of unbranched alkanes of at least 4 members (excludes halogenated alkanes) is 2. The van der Waals surface area contributed by atoms with E-state index in [4.69, 9.17) is 30.5 Å². The number of carbonyl (C=O) groups excluding carboxylic acids is 5. The number of rotatable bonds is 27. The molecule has 10 rings (SSSR count). The molecule has 6 aromatic carbocycles. The molecule has 4 aliphatic rings. The molecule has 25 heteroatoms. The number of halogens is 8. The van der Waals surface area contributed by atoms with E-state index >= 15 is 0 Å². The number of carbonyl (C=O) groups is 5. The lowest BCUT2D eigenvalue weighted by Crippen LogP contribution is -2.50. The molecule has 3 heterocycles. The number of piperidine rings is 2. The quantitative estimate of drug-likeness (QED) is 0.0371. The van der Waals surface area contributed by atoms with Crippen LogP contribution in [0.5, 0.6) is 5.75 Å². The van der Waals surface area contributed by atoms with Crippen molar-refractivity contribution in [2.75, 3.05) is 124 Å². The van der Waals surface area contributed by atoms with E-state index in [0.717, 1.165) is 66.1 Å². The van der Waals surface area contributed by atoms with Crippen LogP contribution in [0.2, 0.25) is 5.02 Å². The maximum absolute atomic E-state index is 14.3. The van der Waals surface area contributed by atoms with Crippen molar-refractivity contribution in [1.82, 2.24) is 29.4 Å². The highest BCUT2D eigenvalue weighted by molar-refractivity contribution is 6.33. The summed E-state index contributed by atoms with van der Waals surface area (Å²) < 4.78 is 121. The summed E-state index contributed by atoms with van der Waals surface area (Å²) in [5.74, 6) is -1.73. The lowest BCUT2D eigenvalue weighted by molar-refractivity contribution is -0.143. The molecular weight excluding hydrogens is 1330 g/mol. The number of anilines is 2. The molecule has 5 amide bonds. The highest BCUT2D eigenvalue weighted by Crippen LogP contribution is 2.49. The van der Waals surface area contributed by atoms with E-state index in [9.17, 15) is 54.7 Å². The van der Waals surface area contributed by atoms with E-state index < -0.39 is 64.6 Å². The minimum absolute atomic E-state index is 0.0323. The van der Waals surface area contributed by atoms with Gasteiger partial charge in [0.25, 0.3) is 11.8 Å². The average molecular weight is 1410 g/mol. The van der Waals surface area contributed by atoms with E-state index in [-0.39, 0.29) is 61.1 Å². The standard InChI is InChI=1S/C75H86ClF7N8O9/c1-86(33-15-34-88(3)70(95)60-46-62(76)64(47-65(60)97-4)84-32-14-6-9-22-67(92)87(2)40-41-89-35-27-58(28-36-89)100-71(96)85-63-21-13-11-19-59(63)51-16-7-5-8-17-51)68(93)48-98-66-44-52-18-10-12-20-61(52)72(66)29-37-90(38-30-72)39-31-73(54-23-25-57(77)26-24-54)49-91(50-99-73)69(94)53-42-55(74(78,79)80)45-56(43-53)75(81,82)83/h5,7-8,10-13,16-21,23-26,42-43,45-47,58,66,84H,6,9,14-15,22,27-41,44,48-50H2,1-4H3,(H,85,96)/t66-,73+/m0/s1. The summed E-state index contributed by atoms with van der Waals surface area (Å²) in [7, 11) is 6.68. The van der Waals surface area contributed by atoms with Crippen LogP contribution in [0.3, 0.4) is 0 Å². The number of alkyl halides is 6. The second kappa shape index (κ2) is 33.0. The number of nitrogens with zero attached hydrogens (tertiary/aromatic N) is 6. The lowest BCUT2D eigenvalue weighted by Gasteiger charge is -2.44. The van der Waals surface area contributed by atoms with Crippen LogP contribution in [0.25, 0.3) is 11.1 Å². The fourth-order valence-electron chi connectivity index (χ4n) is 14.0. The van der Waals surface area contributed by atoms with Gasteiger partial charge >= 0.3 is 18.4 Å². The normalized spacial score (nSPS) is 18.0. The molecule has 0 aromatic heterocycles.